The Morgan fingerprint density at radius 1 is 1.12 bits per heavy atom. The summed E-state index contributed by atoms with van der Waals surface area (Å²) in [6.07, 6.45) is 4.96. The number of piperidine rings is 2. The van der Waals surface area contributed by atoms with E-state index in [1.807, 2.05) is 4.90 Å². The molecule has 0 aliphatic carbocycles. The molecule has 4 heteroatoms. The van der Waals surface area contributed by atoms with E-state index in [9.17, 15) is 4.79 Å². The van der Waals surface area contributed by atoms with Crippen LogP contribution in [0.3, 0.4) is 0 Å². The highest BCUT2D eigenvalue weighted by Crippen LogP contribution is 2.40. The summed E-state index contributed by atoms with van der Waals surface area (Å²) < 4.78 is 4.91. The lowest BCUT2D eigenvalue weighted by molar-refractivity contribution is -0.138. The molecule has 1 spiro atoms. The van der Waals surface area contributed by atoms with Crippen LogP contribution in [0.4, 0.5) is 0 Å². The Hall–Kier alpha value is -0.610. The molecule has 0 radical (unpaired) electrons. The molecule has 0 N–H and O–H groups in total. The van der Waals surface area contributed by atoms with Crippen molar-refractivity contribution in [3.63, 3.8) is 0 Å². The molecule has 2 fully saturated rings. The number of ether oxygens (including phenoxy) is 1. The normalized spacial score (nSPS) is 25.2. The molecule has 0 atom stereocenters. The van der Waals surface area contributed by atoms with Crippen LogP contribution in [0.25, 0.3) is 0 Å². The number of rotatable bonds is 2. The first-order valence-electron chi connectivity index (χ1n) is 6.60. The number of amides is 1. The quantitative estimate of drug-likeness (QED) is 0.721. The second-order valence-electron chi connectivity index (χ2n) is 5.62. The molecule has 2 rings (SSSR count). The second-order valence-corrected chi connectivity index (χ2v) is 5.62. The van der Waals surface area contributed by atoms with Crippen molar-refractivity contribution < 1.29 is 9.53 Å². The van der Waals surface area contributed by atoms with Gasteiger partial charge in [-0.25, -0.2) is 0 Å². The summed E-state index contributed by atoms with van der Waals surface area (Å²) >= 11 is 0. The fourth-order valence-corrected chi connectivity index (χ4v) is 3.04. The maximum absolute atomic E-state index is 11.7. The molecule has 0 bridgehead atoms. The van der Waals surface area contributed by atoms with Crippen LogP contribution < -0.4 is 0 Å². The van der Waals surface area contributed by atoms with Gasteiger partial charge in [0.1, 0.15) is 6.61 Å². The topological polar surface area (TPSA) is 32.8 Å². The van der Waals surface area contributed by atoms with E-state index in [0.717, 1.165) is 13.1 Å². The summed E-state index contributed by atoms with van der Waals surface area (Å²) in [7, 11) is 3.78. The van der Waals surface area contributed by atoms with Crippen LogP contribution in [0.1, 0.15) is 25.7 Å². The van der Waals surface area contributed by atoms with E-state index in [-0.39, 0.29) is 12.5 Å². The molecular formula is C13H24N2O2. The van der Waals surface area contributed by atoms with Gasteiger partial charge >= 0.3 is 0 Å². The molecular weight excluding hydrogens is 216 g/mol. The van der Waals surface area contributed by atoms with Gasteiger partial charge in [-0.1, -0.05) is 0 Å². The third-order valence-electron chi connectivity index (χ3n) is 4.49. The highest BCUT2D eigenvalue weighted by molar-refractivity contribution is 5.77. The Morgan fingerprint density at radius 3 is 2.18 bits per heavy atom. The number of hydrogen-bond acceptors (Lipinski definition) is 3. The van der Waals surface area contributed by atoms with Gasteiger partial charge in [-0.05, 0) is 51.2 Å². The molecule has 0 unspecified atom stereocenters. The van der Waals surface area contributed by atoms with Crippen LogP contribution >= 0.6 is 0 Å². The minimum absolute atomic E-state index is 0.148. The number of hydrogen-bond donors (Lipinski definition) is 0. The minimum Gasteiger partial charge on any atom is -0.375 e. The van der Waals surface area contributed by atoms with Crippen LogP contribution in [-0.4, -0.2) is 62.7 Å². The molecule has 4 nitrogen and oxygen atoms in total. The molecule has 0 aromatic heterocycles. The molecule has 2 saturated heterocycles. The van der Waals surface area contributed by atoms with Crippen molar-refractivity contribution >= 4 is 5.91 Å². The fraction of sp³-hybridized carbons (Fsp3) is 0.923. The molecule has 0 aromatic carbocycles. The fourth-order valence-electron chi connectivity index (χ4n) is 3.04. The maximum atomic E-state index is 11.7. The third-order valence-corrected chi connectivity index (χ3v) is 4.49. The summed E-state index contributed by atoms with van der Waals surface area (Å²) in [5.41, 5.74) is 0.524. The van der Waals surface area contributed by atoms with Crippen molar-refractivity contribution in [3.05, 3.63) is 0 Å². The monoisotopic (exact) mass is 240 g/mol. The van der Waals surface area contributed by atoms with E-state index in [1.54, 1.807) is 7.11 Å². The van der Waals surface area contributed by atoms with E-state index in [2.05, 4.69) is 11.9 Å². The van der Waals surface area contributed by atoms with Gasteiger partial charge in [0.2, 0.25) is 5.91 Å². The SMILES string of the molecule is COCC(=O)N1CCC2(CCN(C)CC2)CC1. The molecule has 0 saturated carbocycles. The first-order valence-corrected chi connectivity index (χ1v) is 6.60. The molecule has 2 heterocycles. The smallest absolute Gasteiger partial charge is 0.248 e. The Balaban J connectivity index is 1.83. The zero-order valence-electron chi connectivity index (χ0n) is 11.1. The van der Waals surface area contributed by atoms with E-state index < -0.39 is 0 Å². The molecule has 1 amide bonds. The Bertz CT molecular complexity index is 263. The zero-order valence-corrected chi connectivity index (χ0v) is 11.1. The number of carbonyl (C=O) groups is 1. The van der Waals surface area contributed by atoms with Gasteiger partial charge in [-0.15, -0.1) is 0 Å². The number of likely N-dealkylation sites (tertiary alicyclic amines) is 2. The average Bonchev–Trinajstić information content (AvgIpc) is 2.35. The van der Waals surface area contributed by atoms with Gasteiger partial charge in [-0.3, -0.25) is 4.79 Å². The number of nitrogens with zero attached hydrogens (tertiary/aromatic N) is 2. The van der Waals surface area contributed by atoms with Crippen LogP contribution in [0, 0.1) is 5.41 Å². The Labute approximate surface area is 104 Å². The highest BCUT2D eigenvalue weighted by atomic mass is 16.5. The Kier molecular flexibility index (Phi) is 4.05. The van der Waals surface area contributed by atoms with Gasteiger partial charge in [0.25, 0.3) is 0 Å². The van der Waals surface area contributed by atoms with Crippen LogP contribution in [0.5, 0.6) is 0 Å². The highest BCUT2D eigenvalue weighted by Gasteiger charge is 2.37. The van der Waals surface area contributed by atoms with E-state index in [0.29, 0.717) is 5.41 Å². The number of methoxy groups -OCH3 is 1. The van der Waals surface area contributed by atoms with Crippen molar-refractivity contribution in [2.24, 2.45) is 5.41 Å². The van der Waals surface area contributed by atoms with Crippen LogP contribution in [0.2, 0.25) is 0 Å². The minimum atomic E-state index is 0.148. The predicted octanol–water partition coefficient (Wildman–Crippen LogP) is 0.967. The third kappa shape index (κ3) is 2.99. The van der Waals surface area contributed by atoms with Gasteiger partial charge in [0.05, 0.1) is 0 Å². The van der Waals surface area contributed by atoms with E-state index >= 15 is 0 Å². The molecule has 2 aliphatic heterocycles. The zero-order chi connectivity index (χ0) is 12.3. The number of carbonyl (C=O) groups excluding carboxylic acids is 1. The largest absolute Gasteiger partial charge is 0.375 e. The summed E-state index contributed by atoms with van der Waals surface area (Å²) in [4.78, 5) is 16.1. The molecule has 98 valence electrons. The summed E-state index contributed by atoms with van der Waals surface area (Å²) in [5, 5.41) is 0. The standard InChI is InChI=1S/C13H24N2O2/c1-14-7-3-13(4-8-14)5-9-15(10-6-13)12(16)11-17-2/h3-11H2,1-2H3. The van der Waals surface area contributed by atoms with Crippen molar-refractivity contribution in [2.45, 2.75) is 25.7 Å². The molecule has 2 aliphatic rings. The second kappa shape index (κ2) is 5.36. The lowest BCUT2D eigenvalue weighted by Gasteiger charge is -2.46. The van der Waals surface area contributed by atoms with Crippen molar-refractivity contribution in [3.8, 4) is 0 Å². The summed E-state index contributed by atoms with van der Waals surface area (Å²) in [6.45, 7) is 4.51. The average molecular weight is 240 g/mol. The molecule has 17 heavy (non-hydrogen) atoms. The van der Waals surface area contributed by atoms with Crippen molar-refractivity contribution in [1.29, 1.82) is 0 Å². The van der Waals surface area contributed by atoms with Gasteiger partial charge in [0.15, 0.2) is 0 Å². The first-order chi connectivity index (χ1) is 8.15. The van der Waals surface area contributed by atoms with E-state index in [1.165, 1.54) is 38.8 Å². The Morgan fingerprint density at radius 2 is 1.65 bits per heavy atom. The van der Waals surface area contributed by atoms with Crippen molar-refractivity contribution in [1.82, 2.24) is 9.80 Å². The lowest BCUT2D eigenvalue weighted by Crippen LogP contribution is -2.48. The first kappa shape index (κ1) is 12.8. The maximum Gasteiger partial charge on any atom is 0.248 e. The van der Waals surface area contributed by atoms with Gasteiger partial charge in [-0.2, -0.15) is 0 Å². The summed E-state index contributed by atoms with van der Waals surface area (Å²) in [6, 6.07) is 0. The summed E-state index contributed by atoms with van der Waals surface area (Å²) in [5.74, 6) is 0.148. The lowest BCUT2D eigenvalue weighted by atomic mass is 9.71. The van der Waals surface area contributed by atoms with Crippen LogP contribution in [-0.2, 0) is 9.53 Å². The van der Waals surface area contributed by atoms with Crippen molar-refractivity contribution in [2.75, 3.05) is 46.9 Å². The van der Waals surface area contributed by atoms with E-state index in [4.69, 9.17) is 4.74 Å². The van der Waals surface area contributed by atoms with Crippen LogP contribution in [0.15, 0.2) is 0 Å². The van der Waals surface area contributed by atoms with Gasteiger partial charge < -0.3 is 14.5 Å². The molecule has 0 aromatic rings. The van der Waals surface area contributed by atoms with Gasteiger partial charge in [0, 0.05) is 20.2 Å². The predicted molar refractivity (Wildman–Crippen MR) is 66.9 cm³/mol.